The van der Waals surface area contributed by atoms with Gasteiger partial charge in [-0.15, -0.1) is 0 Å². The molecule has 0 saturated carbocycles. The molecule has 2 N–H and O–H groups in total. The number of H-pyrrole nitrogens is 1. The molecule has 3 aromatic rings. The third-order valence-electron chi connectivity index (χ3n) is 3.33. The number of fused-ring (bicyclic) bond motifs is 1. The predicted octanol–water partition coefficient (Wildman–Crippen LogP) is 1.25. The molecule has 1 amide bonds. The van der Waals surface area contributed by atoms with Gasteiger partial charge in [0.2, 0.25) is 0 Å². The topological polar surface area (TPSA) is 97.6 Å². The van der Waals surface area contributed by atoms with E-state index in [-0.39, 0.29) is 5.69 Å². The molecule has 8 nitrogen and oxygen atoms in total. The van der Waals surface area contributed by atoms with Crippen LogP contribution in [0.5, 0.6) is 0 Å². The fraction of sp³-hybridized carbons (Fsp3) is 0.231. The summed E-state index contributed by atoms with van der Waals surface area (Å²) in [5.74, 6) is 0. The molecule has 0 fully saturated rings. The van der Waals surface area contributed by atoms with Gasteiger partial charge in [0, 0.05) is 30.6 Å². The Balaban J connectivity index is 1.94. The number of hydrogen-bond acceptors (Lipinski definition) is 4. The Bertz CT molecular complexity index is 968. The van der Waals surface area contributed by atoms with Gasteiger partial charge in [0.05, 0.1) is 11.7 Å². The largest absolute Gasteiger partial charge is 0.405 e. The van der Waals surface area contributed by atoms with Crippen LogP contribution in [0.25, 0.3) is 22.3 Å². The van der Waals surface area contributed by atoms with Crippen LogP contribution >= 0.6 is 0 Å². The van der Waals surface area contributed by atoms with Crippen molar-refractivity contribution in [3.8, 4) is 11.1 Å². The third kappa shape index (κ3) is 2.87. The van der Waals surface area contributed by atoms with Gasteiger partial charge in [-0.1, -0.05) is 0 Å². The van der Waals surface area contributed by atoms with Gasteiger partial charge in [0.15, 0.2) is 5.65 Å². The molecule has 0 aliphatic heterocycles. The molecule has 126 valence electrons. The van der Waals surface area contributed by atoms with Crippen molar-refractivity contribution in [2.45, 2.75) is 6.18 Å². The lowest BCUT2D eigenvalue weighted by Gasteiger charge is -2.07. The lowest BCUT2D eigenvalue weighted by Crippen LogP contribution is -2.36. The number of halogens is 3. The van der Waals surface area contributed by atoms with E-state index in [2.05, 4.69) is 15.1 Å². The van der Waals surface area contributed by atoms with E-state index in [0.717, 1.165) is 4.68 Å². The monoisotopic (exact) mass is 340 g/mol. The van der Waals surface area contributed by atoms with Crippen molar-refractivity contribution in [1.82, 2.24) is 29.6 Å². The number of pyridine rings is 1. The number of carbonyl (C=O) groups excluding carboxylic acids is 1. The molecule has 3 heterocycles. The van der Waals surface area contributed by atoms with Gasteiger partial charge in [0.25, 0.3) is 0 Å². The number of alkyl halides is 3. The second-order valence-electron chi connectivity index (χ2n) is 4.99. The maximum Gasteiger partial charge on any atom is 0.405 e. The van der Waals surface area contributed by atoms with Crippen LogP contribution in [0.3, 0.4) is 0 Å². The number of aromatic amines is 1. The molecule has 24 heavy (non-hydrogen) atoms. The third-order valence-corrected chi connectivity index (χ3v) is 3.33. The second kappa shape index (κ2) is 5.51. The highest BCUT2D eigenvalue weighted by molar-refractivity contribution is 5.90. The average Bonchev–Trinajstić information content (AvgIpc) is 3.10. The summed E-state index contributed by atoms with van der Waals surface area (Å²) < 4.78 is 38.5. The zero-order valence-corrected chi connectivity index (χ0v) is 12.3. The zero-order chi connectivity index (χ0) is 17.5. The molecule has 0 atom stereocenters. The van der Waals surface area contributed by atoms with Crippen molar-refractivity contribution in [3.05, 3.63) is 35.1 Å². The fourth-order valence-corrected chi connectivity index (χ4v) is 2.23. The Morgan fingerprint density at radius 2 is 2.17 bits per heavy atom. The quantitative estimate of drug-likeness (QED) is 0.733. The van der Waals surface area contributed by atoms with E-state index < -0.39 is 18.8 Å². The molecule has 0 bridgehead atoms. The summed E-state index contributed by atoms with van der Waals surface area (Å²) in [5, 5.41) is 5.47. The molecular formula is C13H11F3N6O2. The Kier molecular flexibility index (Phi) is 3.62. The van der Waals surface area contributed by atoms with Crippen LogP contribution in [-0.4, -0.2) is 43.1 Å². The summed E-state index contributed by atoms with van der Waals surface area (Å²) in [5.41, 5.74) is 1.52. The first-order chi connectivity index (χ1) is 11.3. The minimum absolute atomic E-state index is 0.356. The van der Waals surface area contributed by atoms with Crippen LogP contribution in [0, 0.1) is 0 Å². The van der Waals surface area contributed by atoms with Gasteiger partial charge in [-0.3, -0.25) is 9.55 Å². The van der Waals surface area contributed by atoms with E-state index in [1.807, 2.05) is 0 Å². The van der Waals surface area contributed by atoms with Crippen molar-refractivity contribution in [3.63, 3.8) is 0 Å². The summed E-state index contributed by atoms with van der Waals surface area (Å²) in [4.78, 5) is 30.0. The highest BCUT2D eigenvalue weighted by Gasteiger charge is 2.28. The number of amides is 1. The molecule has 0 spiro atoms. The summed E-state index contributed by atoms with van der Waals surface area (Å²) in [6.45, 7) is -1.45. The van der Waals surface area contributed by atoms with Gasteiger partial charge in [0.1, 0.15) is 6.54 Å². The summed E-state index contributed by atoms with van der Waals surface area (Å²) in [6.07, 6.45) is -0.446. The van der Waals surface area contributed by atoms with E-state index in [9.17, 15) is 22.8 Å². The second-order valence-corrected chi connectivity index (χ2v) is 4.99. The maximum absolute atomic E-state index is 12.1. The molecule has 0 aliphatic rings. The lowest BCUT2D eigenvalue weighted by molar-refractivity contribution is -0.122. The van der Waals surface area contributed by atoms with Crippen LogP contribution in [-0.2, 0) is 7.05 Å². The Morgan fingerprint density at radius 3 is 2.88 bits per heavy atom. The molecule has 3 aromatic heterocycles. The first-order valence-corrected chi connectivity index (χ1v) is 6.70. The van der Waals surface area contributed by atoms with E-state index in [0.29, 0.717) is 22.3 Å². The molecular weight excluding hydrogens is 329 g/mol. The fourth-order valence-electron chi connectivity index (χ4n) is 2.23. The number of hydrogen-bond donors (Lipinski definition) is 2. The molecule has 0 unspecified atom stereocenters. The van der Waals surface area contributed by atoms with Crippen molar-refractivity contribution in [2.24, 2.45) is 7.05 Å². The highest BCUT2D eigenvalue weighted by atomic mass is 19.4. The van der Waals surface area contributed by atoms with Crippen molar-refractivity contribution < 1.29 is 18.0 Å². The van der Waals surface area contributed by atoms with Gasteiger partial charge >= 0.3 is 17.9 Å². The maximum atomic E-state index is 12.1. The number of nitrogens with one attached hydrogen (secondary N) is 2. The van der Waals surface area contributed by atoms with E-state index >= 15 is 0 Å². The summed E-state index contributed by atoms with van der Waals surface area (Å²) >= 11 is 0. The SMILES string of the molecule is Cn1c(=O)[nH]c2nccc(-c3cnn(C(=O)NCC(F)(F)F)c3)c21. The number of nitrogens with zero attached hydrogens (tertiary/aromatic N) is 4. The normalized spacial score (nSPS) is 11.8. The van der Waals surface area contributed by atoms with Crippen molar-refractivity contribution in [2.75, 3.05) is 6.54 Å². The minimum Gasteiger partial charge on any atom is -0.327 e. The van der Waals surface area contributed by atoms with Gasteiger partial charge in [-0.25, -0.2) is 14.6 Å². The van der Waals surface area contributed by atoms with E-state index in [4.69, 9.17) is 0 Å². The number of rotatable bonds is 2. The van der Waals surface area contributed by atoms with Crippen LogP contribution in [0.4, 0.5) is 18.0 Å². The Hall–Kier alpha value is -3.11. The molecule has 0 saturated heterocycles. The number of carbonyl (C=O) groups is 1. The predicted molar refractivity (Wildman–Crippen MR) is 77.4 cm³/mol. The lowest BCUT2D eigenvalue weighted by atomic mass is 10.1. The van der Waals surface area contributed by atoms with Crippen molar-refractivity contribution >= 4 is 17.2 Å². The van der Waals surface area contributed by atoms with Gasteiger partial charge < -0.3 is 5.32 Å². The van der Waals surface area contributed by atoms with E-state index in [1.54, 1.807) is 18.4 Å². The molecule has 11 heteroatoms. The first-order valence-electron chi connectivity index (χ1n) is 6.70. The van der Waals surface area contributed by atoms with Gasteiger partial charge in [-0.2, -0.15) is 23.0 Å². The minimum atomic E-state index is -4.51. The van der Waals surface area contributed by atoms with Crippen molar-refractivity contribution in [1.29, 1.82) is 0 Å². The average molecular weight is 340 g/mol. The summed E-state index contributed by atoms with van der Waals surface area (Å²) in [6, 6.07) is 0.608. The Labute approximate surface area is 131 Å². The number of aromatic nitrogens is 5. The van der Waals surface area contributed by atoms with Crippen LogP contribution in [0.15, 0.2) is 29.5 Å². The standard InChI is InChI=1S/C13H11F3N6O2/c1-21-9-8(2-3-17-10(9)20-12(21)24)7-4-19-22(5-7)11(23)18-6-13(14,15)16/h2-5H,6H2,1H3,(H,18,23)(H,17,20,24). The summed E-state index contributed by atoms with van der Waals surface area (Å²) in [7, 11) is 1.55. The van der Waals surface area contributed by atoms with Crippen LogP contribution < -0.4 is 11.0 Å². The molecule has 0 aliphatic carbocycles. The number of imidazole rings is 1. The van der Waals surface area contributed by atoms with Crippen LogP contribution in [0.1, 0.15) is 0 Å². The van der Waals surface area contributed by atoms with Gasteiger partial charge in [-0.05, 0) is 6.07 Å². The highest BCUT2D eigenvalue weighted by Crippen LogP contribution is 2.25. The first kappa shape index (κ1) is 15.8. The molecule has 0 radical (unpaired) electrons. The van der Waals surface area contributed by atoms with Crippen LogP contribution in [0.2, 0.25) is 0 Å². The molecule has 3 rings (SSSR count). The number of aryl methyl sites for hydroxylation is 1. The smallest absolute Gasteiger partial charge is 0.327 e. The Morgan fingerprint density at radius 1 is 1.42 bits per heavy atom. The van der Waals surface area contributed by atoms with E-state index in [1.165, 1.54) is 23.2 Å². The zero-order valence-electron chi connectivity index (χ0n) is 12.3. The molecule has 0 aromatic carbocycles.